The van der Waals surface area contributed by atoms with Crippen molar-refractivity contribution in [3.8, 4) is 5.69 Å². The van der Waals surface area contributed by atoms with Gasteiger partial charge in [-0.3, -0.25) is 9.59 Å². The number of carboxylic acid groups (broad SMARTS) is 1. The first-order chi connectivity index (χ1) is 18.4. The highest BCUT2D eigenvalue weighted by molar-refractivity contribution is 6.30. The van der Waals surface area contributed by atoms with Gasteiger partial charge in [-0.05, 0) is 76.5 Å². The highest BCUT2D eigenvalue weighted by atomic mass is 35.5. The number of rotatable bonds is 6. The number of fused-ring (bicyclic) bond motifs is 1. The molecule has 0 saturated carbocycles. The van der Waals surface area contributed by atoms with Crippen molar-refractivity contribution in [2.75, 3.05) is 11.9 Å². The predicted octanol–water partition coefficient (Wildman–Crippen LogP) is 3.79. The molecule has 3 aromatic carbocycles. The van der Waals surface area contributed by atoms with E-state index < -0.39 is 17.9 Å². The lowest BCUT2D eigenvalue weighted by molar-refractivity contribution is -0.135. The molecule has 0 aliphatic carbocycles. The second kappa shape index (κ2) is 10.7. The maximum Gasteiger partial charge on any atom is 0.335 e. The number of nitrogens with zero attached hydrogens (tertiary/aromatic N) is 5. The van der Waals surface area contributed by atoms with Crippen molar-refractivity contribution in [2.24, 2.45) is 0 Å². The van der Waals surface area contributed by atoms with Crippen LogP contribution in [0.3, 0.4) is 0 Å². The summed E-state index contributed by atoms with van der Waals surface area (Å²) in [7, 11) is 0. The van der Waals surface area contributed by atoms with Crippen molar-refractivity contribution in [2.45, 2.75) is 12.5 Å². The number of amides is 2. The average molecular weight is 529 g/mol. The number of halogens is 1. The van der Waals surface area contributed by atoms with Crippen LogP contribution in [-0.2, 0) is 16.0 Å². The fraction of sp³-hybridized carbons (Fsp3) is 0.111. The first kappa shape index (κ1) is 24.8. The lowest BCUT2D eigenvalue weighted by Crippen LogP contribution is -2.44. The molecule has 190 valence electrons. The number of nitrogens with one attached hydrogen (secondary N) is 1. The summed E-state index contributed by atoms with van der Waals surface area (Å²) < 4.78 is 1.46. The van der Waals surface area contributed by atoms with Crippen molar-refractivity contribution < 1.29 is 19.5 Å². The number of aromatic carboxylic acids is 1. The monoisotopic (exact) mass is 528 g/mol. The Morgan fingerprint density at radius 1 is 1.05 bits per heavy atom. The van der Waals surface area contributed by atoms with Crippen LogP contribution in [0.1, 0.15) is 33.1 Å². The molecule has 0 radical (unpaired) electrons. The summed E-state index contributed by atoms with van der Waals surface area (Å²) in [5.41, 5.74) is 3.50. The molecule has 1 aliphatic rings. The van der Waals surface area contributed by atoms with Gasteiger partial charge in [-0.25, -0.2) is 4.79 Å². The van der Waals surface area contributed by atoms with Gasteiger partial charge in [-0.15, -0.1) is 5.10 Å². The summed E-state index contributed by atoms with van der Waals surface area (Å²) >= 11 is 6.19. The van der Waals surface area contributed by atoms with Crippen LogP contribution in [-0.4, -0.2) is 54.5 Å². The van der Waals surface area contributed by atoms with Crippen LogP contribution in [0.4, 0.5) is 5.69 Å². The fourth-order valence-corrected chi connectivity index (χ4v) is 4.57. The zero-order valence-electron chi connectivity index (χ0n) is 19.9. The fourth-order valence-electron chi connectivity index (χ4n) is 4.39. The number of aromatic nitrogens is 4. The summed E-state index contributed by atoms with van der Waals surface area (Å²) in [4.78, 5) is 39.6. The van der Waals surface area contributed by atoms with E-state index in [1.54, 1.807) is 24.3 Å². The van der Waals surface area contributed by atoms with Gasteiger partial charge in [0.15, 0.2) is 0 Å². The van der Waals surface area contributed by atoms with Gasteiger partial charge in [-0.2, -0.15) is 4.68 Å². The first-order valence-corrected chi connectivity index (χ1v) is 12.0. The minimum atomic E-state index is -1.06. The molecule has 5 rings (SSSR count). The van der Waals surface area contributed by atoms with Crippen molar-refractivity contribution >= 4 is 41.1 Å². The van der Waals surface area contributed by atoms with E-state index in [0.717, 1.165) is 11.1 Å². The number of hydrogen-bond acceptors (Lipinski definition) is 6. The number of benzene rings is 3. The van der Waals surface area contributed by atoms with Gasteiger partial charge in [0, 0.05) is 28.9 Å². The highest BCUT2D eigenvalue weighted by Crippen LogP contribution is 2.31. The Hall–Kier alpha value is -4.83. The zero-order chi connectivity index (χ0) is 26.6. The minimum absolute atomic E-state index is 0.106. The summed E-state index contributed by atoms with van der Waals surface area (Å²) in [5.74, 6) is -1.82. The molecule has 11 heteroatoms. The third-order valence-electron chi connectivity index (χ3n) is 6.21. The van der Waals surface area contributed by atoms with Gasteiger partial charge >= 0.3 is 5.97 Å². The second-order valence-corrected chi connectivity index (χ2v) is 8.98. The van der Waals surface area contributed by atoms with Gasteiger partial charge in [0.05, 0.1) is 11.3 Å². The Bertz CT molecular complexity index is 1540. The van der Waals surface area contributed by atoms with Crippen LogP contribution in [0, 0.1) is 0 Å². The Morgan fingerprint density at radius 3 is 2.58 bits per heavy atom. The molecule has 1 aliphatic heterocycles. The van der Waals surface area contributed by atoms with E-state index in [1.807, 2.05) is 24.3 Å². The van der Waals surface area contributed by atoms with E-state index in [2.05, 4.69) is 20.8 Å². The van der Waals surface area contributed by atoms with Crippen LogP contribution in [0.15, 0.2) is 79.1 Å². The lowest BCUT2D eigenvalue weighted by Gasteiger charge is -2.35. The Labute approximate surface area is 222 Å². The zero-order valence-corrected chi connectivity index (χ0v) is 20.6. The SMILES string of the molecule is O=C(O)c1ccc(NC(=O)[C@H]2c3ccccc3CCN2C(=O)C=Cc2cc(Cl)ccc2-n2cnnn2)cc1. The van der Waals surface area contributed by atoms with Gasteiger partial charge in [-0.1, -0.05) is 35.9 Å². The maximum atomic E-state index is 13.5. The van der Waals surface area contributed by atoms with Gasteiger partial charge in [0.25, 0.3) is 5.91 Å². The van der Waals surface area contributed by atoms with E-state index in [4.69, 9.17) is 16.7 Å². The molecule has 38 heavy (non-hydrogen) atoms. The van der Waals surface area contributed by atoms with Gasteiger partial charge in [0.2, 0.25) is 5.91 Å². The Kier molecular flexibility index (Phi) is 6.96. The predicted molar refractivity (Wildman–Crippen MR) is 140 cm³/mol. The number of carbonyl (C=O) groups is 3. The molecule has 2 heterocycles. The van der Waals surface area contributed by atoms with Crippen LogP contribution < -0.4 is 5.32 Å². The summed E-state index contributed by atoms with van der Waals surface area (Å²) in [6, 6.07) is 17.6. The molecular formula is C27H21ClN6O4. The van der Waals surface area contributed by atoms with Crippen molar-refractivity contribution in [3.63, 3.8) is 0 Å². The quantitative estimate of drug-likeness (QED) is 0.364. The molecular weight excluding hydrogens is 508 g/mol. The maximum absolute atomic E-state index is 13.5. The standard InChI is InChI=1S/C27H21ClN6O4/c28-20-8-11-23(34-16-29-31-32-34)19(15-20)7-12-24(35)33-14-13-17-3-1-2-4-22(17)25(33)26(36)30-21-9-5-18(6-10-21)27(37)38/h1-12,15-16,25H,13-14H2,(H,30,36)(H,37,38)/t25-/m1/s1. The van der Waals surface area contributed by atoms with Crippen LogP contribution in [0.5, 0.6) is 0 Å². The average Bonchev–Trinajstić information content (AvgIpc) is 3.46. The van der Waals surface area contributed by atoms with Crippen LogP contribution in [0.25, 0.3) is 11.8 Å². The molecule has 2 N–H and O–H groups in total. The van der Waals surface area contributed by atoms with Gasteiger partial charge < -0.3 is 15.3 Å². The number of hydrogen-bond donors (Lipinski definition) is 2. The molecule has 10 nitrogen and oxygen atoms in total. The summed E-state index contributed by atoms with van der Waals surface area (Å²) in [6.07, 6.45) is 5.05. The highest BCUT2D eigenvalue weighted by Gasteiger charge is 2.35. The molecule has 0 fully saturated rings. The first-order valence-electron chi connectivity index (χ1n) is 11.6. The number of anilines is 1. The number of tetrazole rings is 1. The van der Waals surface area contributed by atoms with E-state index in [-0.39, 0.29) is 11.5 Å². The number of carboxylic acids is 1. The van der Waals surface area contributed by atoms with Crippen LogP contribution >= 0.6 is 11.6 Å². The van der Waals surface area contributed by atoms with Crippen molar-refractivity contribution in [1.82, 2.24) is 25.1 Å². The molecule has 0 bridgehead atoms. The number of carbonyl (C=O) groups excluding carboxylic acids is 2. The molecule has 2 amide bonds. The third-order valence-corrected chi connectivity index (χ3v) is 6.44. The topological polar surface area (TPSA) is 130 Å². The molecule has 1 aromatic heterocycles. The third kappa shape index (κ3) is 5.16. The summed E-state index contributed by atoms with van der Waals surface area (Å²) in [6.45, 7) is 0.339. The van der Waals surface area contributed by atoms with Gasteiger partial charge in [0.1, 0.15) is 12.4 Å². The Balaban J connectivity index is 1.43. The molecule has 4 aromatic rings. The molecule has 0 saturated heterocycles. The largest absolute Gasteiger partial charge is 0.478 e. The molecule has 1 atom stereocenters. The molecule has 0 unspecified atom stereocenters. The smallest absolute Gasteiger partial charge is 0.335 e. The van der Waals surface area contributed by atoms with E-state index in [0.29, 0.717) is 34.9 Å². The second-order valence-electron chi connectivity index (χ2n) is 8.55. The normalized spacial score (nSPS) is 14.8. The Morgan fingerprint density at radius 2 is 1.84 bits per heavy atom. The van der Waals surface area contributed by atoms with Crippen molar-refractivity contribution in [3.05, 3.63) is 106 Å². The summed E-state index contributed by atoms with van der Waals surface area (Å²) in [5, 5.41) is 23.6. The minimum Gasteiger partial charge on any atom is -0.478 e. The van der Waals surface area contributed by atoms with Crippen molar-refractivity contribution in [1.29, 1.82) is 0 Å². The van der Waals surface area contributed by atoms with E-state index >= 15 is 0 Å². The van der Waals surface area contributed by atoms with E-state index in [1.165, 1.54) is 46.3 Å². The lowest BCUT2D eigenvalue weighted by atomic mass is 9.91. The van der Waals surface area contributed by atoms with Crippen LogP contribution in [0.2, 0.25) is 5.02 Å². The molecule has 0 spiro atoms. The van der Waals surface area contributed by atoms with E-state index in [9.17, 15) is 14.4 Å².